The predicted octanol–water partition coefficient (Wildman–Crippen LogP) is 2.97. The van der Waals surface area contributed by atoms with E-state index >= 15 is 0 Å². The summed E-state index contributed by atoms with van der Waals surface area (Å²) in [5.74, 6) is 2.15. The molecule has 176 valence electrons. The molecule has 1 aliphatic rings. The summed E-state index contributed by atoms with van der Waals surface area (Å²) in [7, 11) is -3.56. The fourth-order valence-corrected chi connectivity index (χ4v) is 5.26. The van der Waals surface area contributed by atoms with Crippen molar-refractivity contribution in [3.05, 3.63) is 54.1 Å². The third kappa shape index (κ3) is 5.17. The van der Waals surface area contributed by atoms with E-state index in [1.54, 1.807) is 28.9 Å². The topological polar surface area (TPSA) is 93.5 Å². The Kier molecular flexibility index (Phi) is 6.94. The SMILES string of the molecule is CCCCOc1ccc(S(=O)(=O)N2CCN(c3cc(-n4nc(C)cc4C)ncn3)CC2)cc1. The van der Waals surface area contributed by atoms with Gasteiger partial charge in [0.2, 0.25) is 10.0 Å². The van der Waals surface area contributed by atoms with E-state index in [0.717, 1.165) is 30.0 Å². The van der Waals surface area contributed by atoms with Gasteiger partial charge in [-0.3, -0.25) is 0 Å². The number of piperazine rings is 1. The molecule has 0 atom stereocenters. The van der Waals surface area contributed by atoms with Crippen LogP contribution >= 0.6 is 0 Å². The number of anilines is 1. The third-order valence-electron chi connectivity index (χ3n) is 5.66. The van der Waals surface area contributed by atoms with Crippen molar-refractivity contribution in [3.63, 3.8) is 0 Å². The standard InChI is InChI=1S/C23H30N6O3S/c1-4-5-14-32-20-6-8-21(9-7-20)33(30,31)28-12-10-27(11-13-28)22-16-23(25-17-24-22)29-19(3)15-18(2)26-29/h6-9,15-17H,4-5,10-14H2,1-3H3. The van der Waals surface area contributed by atoms with Crippen LogP contribution in [-0.4, -0.2) is 65.3 Å². The van der Waals surface area contributed by atoms with Crippen LogP contribution in [0.25, 0.3) is 5.82 Å². The number of nitrogens with zero attached hydrogens (tertiary/aromatic N) is 6. The van der Waals surface area contributed by atoms with E-state index in [2.05, 4.69) is 26.9 Å². The first kappa shape index (κ1) is 23.2. The summed E-state index contributed by atoms with van der Waals surface area (Å²) in [5.41, 5.74) is 1.92. The number of aromatic nitrogens is 4. The highest BCUT2D eigenvalue weighted by atomic mass is 32.2. The van der Waals surface area contributed by atoms with Crippen molar-refractivity contribution in [3.8, 4) is 11.6 Å². The highest BCUT2D eigenvalue weighted by molar-refractivity contribution is 7.89. The largest absolute Gasteiger partial charge is 0.494 e. The van der Waals surface area contributed by atoms with Crippen LogP contribution in [0, 0.1) is 13.8 Å². The Morgan fingerprint density at radius 3 is 2.30 bits per heavy atom. The van der Waals surface area contributed by atoms with E-state index in [1.165, 1.54) is 10.6 Å². The van der Waals surface area contributed by atoms with Gasteiger partial charge in [-0.25, -0.2) is 23.1 Å². The maximum atomic E-state index is 13.1. The number of ether oxygens (including phenoxy) is 1. The van der Waals surface area contributed by atoms with Crippen LogP contribution in [0.15, 0.2) is 47.6 Å². The molecule has 3 aromatic rings. The molecule has 1 fully saturated rings. The molecule has 3 heterocycles. The Balaban J connectivity index is 1.41. The summed E-state index contributed by atoms with van der Waals surface area (Å²) in [4.78, 5) is 11.1. The number of rotatable bonds is 8. The molecule has 0 aliphatic carbocycles. The molecule has 0 unspecified atom stereocenters. The predicted molar refractivity (Wildman–Crippen MR) is 126 cm³/mol. The summed E-state index contributed by atoms with van der Waals surface area (Å²) in [6.07, 6.45) is 3.55. The molecule has 10 heteroatoms. The van der Waals surface area contributed by atoms with Gasteiger partial charge in [-0.15, -0.1) is 0 Å². The molecule has 0 amide bonds. The van der Waals surface area contributed by atoms with E-state index in [9.17, 15) is 8.42 Å². The molecule has 0 saturated carbocycles. The Hall–Kier alpha value is -2.98. The fraction of sp³-hybridized carbons (Fsp3) is 0.435. The second kappa shape index (κ2) is 9.88. The van der Waals surface area contributed by atoms with Crippen LogP contribution < -0.4 is 9.64 Å². The number of aryl methyl sites for hydroxylation is 2. The minimum atomic E-state index is -3.56. The first-order valence-corrected chi connectivity index (χ1v) is 12.7. The van der Waals surface area contributed by atoms with Gasteiger partial charge in [-0.2, -0.15) is 9.40 Å². The second-order valence-electron chi connectivity index (χ2n) is 8.14. The first-order chi connectivity index (χ1) is 15.9. The average molecular weight is 471 g/mol. The number of hydrogen-bond acceptors (Lipinski definition) is 7. The number of sulfonamides is 1. The lowest BCUT2D eigenvalue weighted by molar-refractivity contribution is 0.309. The van der Waals surface area contributed by atoms with Crippen LogP contribution in [0.4, 0.5) is 5.82 Å². The Bertz CT molecular complexity index is 1190. The monoisotopic (exact) mass is 470 g/mol. The fourth-order valence-electron chi connectivity index (χ4n) is 3.84. The highest BCUT2D eigenvalue weighted by Crippen LogP contribution is 2.23. The van der Waals surface area contributed by atoms with Crippen LogP contribution in [-0.2, 0) is 10.0 Å². The summed E-state index contributed by atoms with van der Waals surface area (Å²) in [6, 6.07) is 10.6. The van der Waals surface area contributed by atoms with Gasteiger partial charge in [-0.05, 0) is 50.6 Å². The number of unbranched alkanes of at least 4 members (excludes halogenated alkanes) is 1. The van der Waals surface area contributed by atoms with Gasteiger partial charge < -0.3 is 9.64 Å². The average Bonchev–Trinajstić information content (AvgIpc) is 3.17. The lowest BCUT2D eigenvalue weighted by Crippen LogP contribution is -2.48. The molecule has 1 aromatic carbocycles. The zero-order valence-electron chi connectivity index (χ0n) is 19.3. The second-order valence-corrected chi connectivity index (χ2v) is 10.1. The maximum Gasteiger partial charge on any atom is 0.243 e. The number of benzene rings is 1. The molecule has 4 rings (SSSR count). The van der Waals surface area contributed by atoms with E-state index < -0.39 is 10.0 Å². The minimum absolute atomic E-state index is 0.285. The van der Waals surface area contributed by atoms with Crippen LogP contribution in [0.5, 0.6) is 5.75 Å². The molecule has 33 heavy (non-hydrogen) atoms. The van der Waals surface area contributed by atoms with Crippen molar-refractivity contribution in [2.45, 2.75) is 38.5 Å². The quantitative estimate of drug-likeness (QED) is 0.467. The molecule has 1 aliphatic heterocycles. The Labute approximate surface area is 195 Å². The van der Waals surface area contributed by atoms with E-state index in [0.29, 0.717) is 44.4 Å². The lowest BCUT2D eigenvalue weighted by atomic mass is 10.3. The molecule has 0 radical (unpaired) electrons. The molecule has 0 N–H and O–H groups in total. The van der Waals surface area contributed by atoms with Gasteiger partial charge in [0.25, 0.3) is 0 Å². The third-order valence-corrected chi connectivity index (χ3v) is 7.57. The Morgan fingerprint density at radius 1 is 0.970 bits per heavy atom. The molecular weight excluding hydrogens is 440 g/mol. The van der Waals surface area contributed by atoms with Crippen LogP contribution in [0.1, 0.15) is 31.2 Å². The van der Waals surface area contributed by atoms with Crippen molar-refractivity contribution in [1.29, 1.82) is 0 Å². The molecule has 0 spiro atoms. The van der Waals surface area contributed by atoms with Crippen molar-refractivity contribution < 1.29 is 13.2 Å². The van der Waals surface area contributed by atoms with E-state index in [-0.39, 0.29) is 4.90 Å². The molecule has 0 bridgehead atoms. The molecule has 2 aromatic heterocycles. The van der Waals surface area contributed by atoms with E-state index in [4.69, 9.17) is 4.74 Å². The van der Waals surface area contributed by atoms with Gasteiger partial charge >= 0.3 is 0 Å². The number of hydrogen-bond donors (Lipinski definition) is 0. The van der Waals surface area contributed by atoms with Crippen molar-refractivity contribution >= 4 is 15.8 Å². The molecule has 9 nitrogen and oxygen atoms in total. The van der Waals surface area contributed by atoms with E-state index in [1.807, 2.05) is 26.0 Å². The smallest absolute Gasteiger partial charge is 0.243 e. The van der Waals surface area contributed by atoms with Crippen molar-refractivity contribution in [2.75, 3.05) is 37.7 Å². The zero-order valence-corrected chi connectivity index (χ0v) is 20.1. The normalized spacial score (nSPS) is 15.1. The Morgan fingerprint density at radius 2 is 1.67 bits per heavy atom. The van der Waals surface area contributed by atoms with Crippen molar-refractivity contribution in [1.82, 2.24) is 24.1 Å². The maximum absolute atomic E-state index is 13.1. The van der Waals surface area contributed by atoms with Gasteiger partial charge in [-0.1, -0.05) is 13.3 Å². The van der Waals surface area contributed by atoms with Crippen LogP contribution in [0.2, 0.25) is 0 Å². The summed E-state index contributed by atoms with van der Waals surface area (Å²) < 4.78 is 35.2. The highest BCUT2D eigenvalue weighted by Gasteiger charge is 2.29. The van der Waals surface area contributed by atoms with Gasteiger partial charge in [0.15, 0.2) is 5.82 Å². The van der Waals surface area contributed by atoms with Gasteiger partial charge in [0.05, 0.1) is 17.2 Å². The first-order valence-electron chi connectivity index (χ1n) is 11.2. The summed E-state index contributed by atoms with van der Waals surface area (Å²) in [5, 5.41) is 4.48. The summed E-state index contributed by atoms with van der Waals surface area (Å²) >= 11 is 0. The van der Waals surface area contributed by atoms with Gasteiger partial charge in [0.1, 0.15) is 17.9 Å². The minimum Gasteiger partial charge on any atom is -0.494 e. The zero-order chi connectivity index (χ0) is 23.4. The lowest BCUT2D eigenvalue weighted by Gasteiger charge is -2.34. The van der Waals surface area contributed by atoms with Crippen molar-refractivity contribution in [2.24, 2.45) is 0 Å². The van der Waals surface area contributed by atoms with Gasteiger partial charge in [0, 0.05) is 37.9 Å². The molecule has 1 saturated heterocycles. The molecular formula is C23H30N6O3S. The van der Waals surface area contributed by atoms with Crippen LogP contribution in [0.3, 0.4) is 0 Å². The summed E-state index contributed by atoms with van der Waals surface area (Å²) in [6.45, 7) is 8.52.